The minimum Gasteiger partial charge on any atom is -0.497 e. The summed E-state index contributed by atoms with van der Waals surface area (Å²) in [6, 6.07) is 7.52. The zero-order chi connectivity index (χ0) is 9.26. The number of hydrogen-bond acceptors (Lipinski definition) is 3. The second-order valence-corrected chi connectivity index (χ2v) is 2.79. The van der Waals surface area contributed by atoms with Crippen LogP contribution in [0.2, 0.25) is 0 Å². The number of ether oxygens (including phenoxy) is 1. The van der Waals surface area contributed by atoms with Crippen LogP contribution in [0.3, 0.4) is 0 Å². The number of fused-ring (bicyclic) bond motifs is 1. The first-order valence-corrected chi connectivity index (χ1v) is 3.99. The minimum absolute atomic E-state index is 0. The lowest BCUT2D eigenvalue weighted by Gasteiger charge is -2.04. The molecule has 74 valence electrons. The van der Waals surface area contributed by atoms with Crippen molar-refractivity contribution in [3.8, 4) is 5.75 Å². The van der Waals surface area contributed by atoms with Crippen LogP contribution in [0.25, 0.3) is 10.9 Å². The summed E-state index contributed by atoms with van der Waals surface area (Å²) in [5.74, 6) is 0.762. The first-order valence-electron chi connectivity index (χ1n) is 3.99. The predicted molar refractivity (Wildman–Crippen MR) is 60.0 cm³/mol. The fourth-order valence-corrected chi connectivity index (χ4v) is 1.31. The monoisotopic (exact) mass is 210 g/mol. The van der Waals surface area contributed by atoms with Crippen LogP contribution in [-0.4, -0.2) is 12.1 Å². The van der Waals surface area contributed by atoms with Gasteiger partial charge < -0.3 is 10.5 Å². The first-order chi connectivity index (χ1) is 6.31. The van der Waals surface area contributed by atoms with Crippen molar-refractivity contribution < 1.29 is 4.74 Å². The third kappa shape index (κ3) is 1.72. The molecule has 0 spiro atoms. The number of nitrogens with two attached hydrogens (primary N) is 1. The molecule has 0 aliphatic carbocycles. The Hall–Kier alpha value is -1.48. The molecule has 0 aliphatic heterocycles. The highest BCUT2D eigenvalue weighted by atomic mass is 35.5. The molecule has 0 saturated carbocycles. The van der Waals surface area contributed by atoms with Crippen molar-refractivity contribution in [3.63, 3.8) is 0 Å². The molecule has 0 amide bonds. The lowest BCUT2D eigenvalue weighted by atomic mass is 10.2. The Morgan fingerprint density at radius 3 is 2.86 bits per heavy atom. The maximum absolute atomic E-state index is 5.79. The van der Waals surface area contributed by atoms with Gasteiger partial charge in [0.15, 0.2) is 0 Å². The summed E-state index contributed by atoms with van der Waals surface area (Å²) in [5, 5.41) is 0.999. The predicted octanol–water partition coefficient (Wildman–Crippen LogP) is 2.25. The van der Waals surface area contributed by atoms with Crippen molar-refractivity contribution in [2.24, 2.45) is 0 Å². The van der Waals surface area contributed by atoms with E-state index in [1.165, 1.54) is 0 Å². The summed E-state index contributed by atoms with van der Waals surface area (Å²) in [7, 11) is 1.62. The zero-order valence-corrected chi connectivity index (χ0v) is 8.54. The van der Waals surface area contributed by atoms with Crippen molar-refractivity contribution in [3.05, 3.63) is 30.5 Å². The Morgan fingerprint density at radius 1 is 1.36 bits per heavy atom. The second-order valence-electron chi connectivity index (χ2n) is 2.79. The van der Waals surface area contributed by atoms with E-state index in [1.54, 1.807) is 19.4 Å². The summed E-state index contributed by atoms with van der Waals surface area (Å²) in [4.78, 5) is 4.18. The van der Waals surface area contributed by atoms with E-state index in [1.807, 2.05) is 18.2 Å². The van der Waals surface area contributed by atoms with Crippen molar-refractivity contribution in [2.75, 3.05) is 12.8 Å². The summed E-state index contributed by atoms with van der Waals surface area (Å²) in [6.45, 7) is 0. The van der Waals surface area contributed by atoms with Gasteiger partial charge in [-0.25, -0.2) is 0 Å². The van der Waals surface area contributed by atoms with E-state index in [4.69, 9.17) is 10.5 Å². The third-order valence-electron chi connectivity index (χ3n) is 1.94. The van der Waals surface area contributed by atoms with Crippen LogP contribution in [0, 0.1) is 0 Å². The van der Waals surface area contributed by atoms with E-state index in [0.29, 0.717) is 5.69 Å². The van der Waals surface area contributed by atoms with Crippen LogP contribution >= 0.6 is 12.4 Å². The molecule has 0 saturated heterocycles. The summed E-state index contributed by atoms with van der Waals surface area (Å²) < 4.78 is 5.10. The summed E-state index contributed by atoms with van der Waals surface area (Å²) in [6.07, 6.45) is 1.73. The second kappa shape index (κ2) is 4.15. The van der Waals surface area contributed by atoms with Gasteiger partial charge in [0.2, 0.25) is 0 Å². The third-order valence-corrected chi connectivity index (χ3v) is 1.94. The SMILES string of the molecule is COc1cc(N)c2ncccc2c1.Cl. The molecule has 1 heterocycles. The number of hydrogen-bond donors (Lipinski definition) is 1. The number of benzene rings is 1. The van der Waals surface area contributed by atoms with E-state index < -0.39 is 0 Å². The lowest BCUT2D eigenvalue weighted by molar-refractivity contribution is 0.415. The van der Waals surface area contributed by atoms with E-state index in [-0.39, 0.29) is 12.4 Å². The maximum Gasteiger partial charge on any atom is 0.121 e. The molecule has 2 N–H and O–H groups in total. The van der Waals surface area contributed by atoms with Crippen molar-refractivity contribution in [1.29, 1.82) is 0 Å². The molecule has 0 bridgehead atoms. The molecule has 2 aromatic rings. The van der Waals surface area contributed by atoms with Crippen LogP contribution < -0.4 is 10.5 Å². The number of nitrogens with zero attached hydrogens (tertiary/aromatic N) is 1. The Kier molecular flexibility index (Phi) is 3.14. The molecular weight excluding hydrogens is 200 g/mol. The van der Waals surface area contributed by atoms with Crippen LogP contribution in [0.1, 0.15) is 0 Å². The van der Waals surface area contributed by atoms with Crippen molar-refractivity contribution in [2.45, 2.75) is 0 Å². The van der Waals surface area contributed by atoms with Crippen molar-refractivity contribution >= 4 is 29.0 Å². The molecule has 0 fully saturated rings. The molecule has 1 aromatic heterocycles. The number of pyridine rings is 1. The molecule has 14 heavy (non-hydrogen) atoms. The van der Waals surface area contributed by atoms with Gasteiger partial charge in [0.25, 0.3) is 0 Å². The number of halogens is 1. The number of anilines is 1. The Labute approximate surface area is 88.3 Å². The standard InChI is InChI=1S/C10H10N2O.ClH/c1-13-8-5-7-3-2-4-12-10(7)9(11)6-8;/h2-6H,11H2,1H3;1H. The van der Waals surface area contributed by atoms with Crippen LogP contribution in [-0.2, 0) is 0 Å². The van der Waals surface area contributed by atoms with Crippen LogP contribution in [0.15, 0.2) is 30.5 Å². The van der Waals surface area contributed by atoms with Gasteiger partial charge in [0.05, 0.1) is 18.3 Å². The van der Waals surface area contributed by atoms with Gasteiger partial charge in [-0.15, -0.1) is 12.4 Å². The van der Waals surface area contributed by atoms with Gasteiger partial charge in [-0.3, -0.25) is 4.98 Å². The maximum atomic E-state index is 5.79. The highest BCUT2D eigenvalue weighted by molar-refractivity contribution is 5.90. The van der Waals surface area contributed by atoms with E-state index >= 15 is 0 Å². The molecule has 0 unspecified atom stereocenters. The molecule has 3 nitrogen and oxygen atoms in total. The molecule has 0 aliphatic rings. The smallest absolute Gasteiger partial charge is 0.121 e. The van der Waals surface area contributed by atoms with Crippen LogP contribution in [0.4, 0.5) is 5.69 Å². The van der Waals surface area contributed by atoms with E-state index in [9.17, 15) is 0 Å². The van der Waals surface area contributed by atoms with Gasteiger partial charge >= 0.3 is 0 Å². The highest BCUT2D eigenvalue weighted by Gasteiger charge is 2.01. The van der Waals surface area contributed by atoms with Crippen molar-refractivity contribution in [1.82, 2.24) is 4.98 Å². The zero-order valence-electron chi connectivity index (χ0n) is 7.73. The topological polar surface area (TPSA) is 48.1 Å². The number of methoxy groups -OCH3 is 1. The first kappa shape index (κ1) is 10.6. The van der Waals surface area contributed by atoms with E-state index in [0.717, 1.165) is 16.7 Å². The Morgan fingerprint density at radius 2 is 2.14 bits per heavy atom. The number of rotatable bonds is 1. The Balaban J connectivity index is 0.000000980. The average Bonchev–Trinajstić information content (AvgIpc) is 2.18. The molecule has 0 radical (unpaired) electrons. The fraction of sp³-hybridized carbons (Fsp3) is 0.100. The minimum atomic E-state index is 0. The summed E-state index contributed by atoms with van der Waals surface area (Å²) in [5.41, 5.74) is 7.26. The largest absolute Gasteiger partial charge is 0.497 e. The van der Waals surface area contributed by atoms with Gasteiger partial charge in [-0.05, 0) is 12.1 Å². The number of aromatic nitrogens is 1. The highest BCUT2D eigenvalue weighted by Crippen LogP contribution is 2.24. The van der Waals surface area contributed by atoms with Gasteiger partial charge in [0, 0.05) is 17.6 Å². The molecular formula is C10H11ClN2O. The molecule has 4 heteroatoms. The van der Waals surface area contributed by atoms with Gasteiger partial charge in [-0.1, -0.05) is 6.07 Å². The molecule has 1 aromatic carbocycles. The summed E-state index contributed by atoms with van der Waals surface area (Å²) >= 11 is 0. The Bertz CT molecular complexity index is 445. The normalized spacial score (nSPS) is 9.50. The van der Waals surface area contributed by atoms with Crippen LogP contribution in [0.5, 0.6) is 5.75 Å². The van der Waals surface area contributed by atoms with Gasteiger partial charge in [0.1, 0.15) is 5.75 Å². The lowest BCUT2D eigenvalue weighted by Crippen LogP contribution is -1.91. The quantitative estimate of drug-likeness (QED) is 0.735. The van der Waals surface area contributed by atoms with E-state index in [2.05, 4.69) is 4.98 Å². The molecule has 2 rings (SSSR count). The van der Waals surface area contributed by atoms with Gasteiger partial charge in [-0.2, -0.15) is 0 Å². The molecule has 0 atom stereocenters. The average molecular weight is 211 g/mol. The fourth-order valence-electron chi connectivity index (χ4n) is 1.31. The number of nitrogen functional groups attached to an aromatic ring is 1.